The largest absolute Gasteiger partial charge is 0.368 e. The standard InChI is InChI=1S/C16H27N3/c1-13-8-6-7-9-15(13)19-11-14(10-18(4)5)17-16(2,3)12-19/h6-9,14,17H,10-12H2,1-5H3. The third kappa shape index (κ3) is 3.71. The average molecular weight is 261 g/mol. The molecule has 0 aromatic heterocycles. The summed E-state index contributed by atoms with van der Waals surface area (Å²) >= 11 is 0. The maximum Gasteiger partial charge on any atom is 0.0397 e. The minimum atomic E-state index is 0.154. The molecular formula is C16H27N3. The number of nitrogens with one attached hydrogen (secondary N) is 1. The quantitative estimate of drug-likeness (QED) is 0.899. The van der Waals surface area contributed by atoms with E-state index in [2.05, 4.69) is 74.2 Å². The Kier molecular flexibility index (Phi) is 4.16. The van der Waals surface area contributed by atoms with Gasteiger partial charge in [-0.3, -0.25) is 0 Å². The van der Waals surface area contributed by atoms with Crippen molar-refractivity contribution in [1.29, 1.82) is 0 Å². The van der Waals surface area contributed by atoms with Gasteiger partial charge in [0.15, 0.2) is 0 Å². The van der Waals surface area contributed by atoms with Gasteiger partial charge in [-0.1, -0.05) is 18.2 Å². The topological polar surface area (TPSA) is 18.5 Å². The number of piperazine rings is 1. The third-order valence-electron chi connectivity index (χ3n) is 3.66. The lowest BCUT2D eigenvalue weighted by atomic mass is 9.97. The lowest BCUT2D eigenvalue weighted by Gasteiger charge is -2.46. The predicted molar refractivity (Wildman–Crippen MR) is 82.9 cm³/mol. The summed E-state index contributed by atoms with van der Waals surface area (Å²) in [5, 5.41) is 3.76. The van der Waals surface area contributed by atoms with Gasteiger partial charge in [-0.05, 0) is 46.5 Å². The van der Waals surface area contributed by atoms with E-state index in [0.29, 0.717) is 6.04 Å². The van der Waals surface area contributed by atoms with Crippen molar-refractivity contribution in [2.45, 2.75) is 32.4 Å². The van der Waals surface area contributed by atoms with Crippen LogP contribution in [0, 0.1) is 6.92 Å². The third-order valence-corrected chi connectivity index (χ3v) is 3.66. The Labute approximate surface area is 117 Å². The van der Waals surface area contributed by atoms with Gasteiger partial charge in [0, 0.05) is 36.9 Å². The van der Waals surface area contributed by atoms with Crippen molar-refractivity contribution in [2.24, 2.45) is 0 Å². The fourth-order valence-corrected chi connectivity index (χ4v) is 3.10. The lowest BCUT2D eigenvalue weighted by Crippen LogP contribution is -2.64. The molecule has 1 aliphatic heterocycles. The second-order valence-electron chi connectivity index (χ2n) is 6.65. The molecule has 1 aromatic carbocycles. The molecule has 0 amide bonds. The highest BCUT2D eigenvalue weighted by Gasteiger charge is 2.32. The van der Waals surface area contributed by atoms with Gasteiger partial charge < -0.3 is 15.1 Å². The van der Waals surface area contributed by atoms with E-state index in [1.807, 2.05) is 0 Å². The molecule has 1 saturated heterocycles. The van der Waals surface area contributed by atoms with E-state index in [0.717, 1.165) is 19.6 Å². The van der Waals surface area contributed by atoms with Crippen LogP contribution >= 0.6 is 0 Å². The van der Waals surface area contributed by atoms with Crippen LogP contribution < -0.4 is 10.2 Å². The van der Waals surface area contributed by atoms with Crippen molar-refractivity contribution < 1.29 is 0 Å². The summed E-state index contributed by atoms with van der Waals surface area (Å²) in [6.45, 7) is 9.99. The minimum absolute atomic E-state index is 0.154. The molecule has 1 heterocycles. The first kappa shape index (κ1) is 14.4. The maximum atomic E-state index is 3.76. The summed E-state index contributed by atoms with van der Waals surface area (Å²) in [7, 11) is 4.28. The molecule has 0 bridgehead atoms. The molecule has 1 unspecified atom stereocenters. The van der Waals surface area contributed by atoms with E-state index < -0.39 is 0 Å². The Balaban J connectivity index is 2.19. The van der Waals surface area contributed by atoms with Crippen molar-refractivity contribution in [3.8, 4) is 0 Å². The van der Waals surface area contributed by atoms with E-state index in [9.17, 15) is 0 Å². The predicted octanol–water partition coefficient (Wildman–Crippen LogP) is 2.11. The molecule has 1 aliphatic rings. The molecule has 19 heavy (non-hydrogen) atoms. The van der Waals surface area contributed by atoms with Gasteiger partial charge in [0.05, 0.1) is 0 Å². The molecule has 1 N–H and O–H groups in total. The van der Waals surface area contributed by atoms with Crippen LogP contribution in [0.5, 0.6) is 0 Å². The molecule has 2 rings (SSSR count). The van der Waals surface area contributed by atoms with E-state index >= 15 is 0 Å². The van der Waals surface area contributed by atoms with Gasteiger partial charge >= 0.3 is 0 Å². The van der Waals surface area contributed by atoms with Gasteiger partial charge in [0.25, 0.3) is 0 Å². The fourth-order valence-electron chi connectivity index (χ4n) is 3.10. The molecule has 0 aliphatic carbocycles. The highest BCUT2D eigenvalue weighted by molar-refractivity contribution is 5.54. The van der Waals surface area contributed by atoms with Gasteiger partial charge in [-0.15, -0.1) is 0 Å². The second kappa shape index (κ2) is 5.51. The summed E-state index contributed by atoms with van der Waals surface area (Å²) in [6, 6.07) is 9.20. The van der Waals surface area contributed by atoms with Gasteiger partial charge in [-0.2, -0.15) is 0 Å². The van der Waals surface area contributed by atoms with Crippen LogP contribution in [0.3, 0.4) is 0 Å². The molecule has 3 heteroatoms. The first-order chi connectivity index (χ1) is 8.87. The van der Waals surface area contributed by atoms with Crippen LogP contribution in [-0.4, -0.2) is 50.2 Å². The SMILES string of the molecule is Cc1ccccc1N1CC(CN(C)C)NC(C)(C)C1. The van der Waals surface area contributed by atoms with Gasteiger partial charge in [0.1, 0.15) is 0 Å². The van der Waals surface area contributed by atoms with Gasteiger partial charge in [-0.25, -0.2) is 0 Å². The zero-order valence-corrected chi connectivity index (χ0v) is 12.9. The van der Waals surface area contributed by atoms with Crippen LogP contribution in [0.1, 0.15) is 19.4 Å². The number of hydrogen-bond acceptors (Lipinski definition) is 3. The molecule has 1 aromatic rings. The summed E-state index contributed by atoms with van der Waals surface area (Å²) in [6.07, 6.45) is 0. The zero-order chi connectivity index (χ0) is 14.0. The maximum absolute atomic E-state index is 3.76. The summed E-state index contributed by atoms with van der Waals surface area (Å²) < 4.78 is 0. The molecule has 3 nitrogen and oxygen atoms in total. The summed E-state index contributed by atoms with van der Waals surface area (Å²) in [4.78, 5) is 4.79. The van der Waals surface area contributed by atoms with E-state index in [1.165, 1.54) is 11.3 Å². The molecule has 1 atom stereocenters. The van der Waals surface area contributed by atoms with E-state index in [-0.39, 0.29) is 5.54 Å². The van der Waals surface area contributed by atoms with Crippen molar-refractivity contribution in [3.63, 3.8) is 0 Å². The Morgan fingerprint density at radius 1 is 1.32 bits per heavy atom. The number of anilines is 1. The molecule has 106 valence electrons. The number of hydrogen-bond donors (Lipinski definition) is 1. The van der Waals surface area contributed by atoms with Gasteiger partial charge in [0.2, 0.25) is 0 Å². The summed E-state index contributed by atoms with van der Waals surface area (Å²) in [5.74, 6) is 0. The monoisotopic (exact) mass is 261 g/mol. The van der Waals surface area contributed by atoms with Crippen LogP contribution in [-0.2, 0) is 0 Å². The van der Waals surface area contributed by atoms with Crippen molar-refractivity contribution in [3.05, 3.63) is 29.8 Å². The molecule has 1 fully saturated rings. The smallest absolute Gasteiger partial charge is 0.0397 e. The average Bonchev–Trinajstić information content (AvgIpc) is 2.26. The zero-order valence-electron chi connectivity index (χ0n) is 12.9. The van der Waals surface area contributed by atoms with Crippen molar-refractivity contribution in [1.82, 2.24) is 10.2 Å². The van der Waals surface area contributed by atoms with Crippen LogP contribution in [0.4, 0.5) is 5.69 Å². The number of benzene rings is 1. The Bertz CT molecular complexity index is 426. The highest BCUT2D eigenvalue weighted by atomic mass is 15.3. The van der Waals surface area contributed by atoms with E-state index in [4.69, 9.17) is 0 Å². The van der Waals surface area contributed by atoms with E-state index in [1.54, 1.807) is 0 Å². The van der Waals surface area contributed by atoms with Crippen molar-refractivity contribution in [2.75, 3.05) is 38.6 Å². The Hall–Kier alpha value is -1.06. The molecule has 0 saturated carbocycles. The fraction of sp³-hybridized carbons (Fsp3) is 0.625. The number of aryl methyl sites for hydroxylation is 1. The number of nitrogens with zero attached hydrogens (tertiary/aromatic N) is 2. The molecule has 0 radical (unpaired) electrons. The first-order valence-electron chi connectivity index (χ1n) is 7.10. The van der Waals surface area contributed by atoms with Crippen molar-refractivity contribution >= 4 is 5.69 Å². The highest BCUT2D eigenvalue weighted by Crippen LogP contribution is 2.25. The number of likely N-dealkylation sites (N-methyl/N-ethyl adjacent to an activating group) is 1. The Morgan fingerprint density at radius 2 is 2.00 bits per heavy atom. The normalized spacial score (nSPS) is 22.8. The second-order valence-corrected chi connectivity index (χ2v) is 6.65. The van der Waals surface area contributed by atoms with Crippen LogP contribution in [0.25, 0.3) is 0 Å². The molecule has 0 spiro atoms. The van der Waals surface area contributed by atoms with Crippen LogP contribution in [0.15, 0.2) is 24.3 Å². The van der Waals surface area contributed by atoms with Crippen LogP contribution in [0.2, 0.25) is 0 Å². The summed E-state index contributed by atoms with van der Waals surface area (Å²) in [5.41, 5.74) is 2.89. The number of para-hydroxylation sites is 1. The lowest BCUT2D eigenvalue weighted by molar-refractivity contribution is 0.244. The first-order valence-corrected chi connectivity index (χ1v) is 7.10. The number of rotatable bonds is 3. The minimum Gasteiger partial charge on any atom is -0.368 e. The molecular weight excluding hydrogens is 234 g/mol. The Morgan fingerprint density at radius 3 is 2.63 bits per heavy atom.